The van der Waals surface area contributed by atoms with E-state index in [0.29, 0.717) is 12.0 Å². The van der Waals surface area contributed by atoms with E-state index >= 15 is 0 Å². The normalized spacial score (nSPS) is 14.5. The predicted octanol–water partition coefficient (Wildman–Crippen LogP) is 1.91. The van der Waals surface area contributed by atoms with Crippen LogP contribution < -0.4 is 0 Å². The van der Waals surface area contributed by atoms with Crippen molar-refractivity contribution in [2.75, 3.05) is 0 Å². The largest absolute Gasteiger partial charge is 0.332 e. The molecule has 0 aromatic heterocycles. The standard InChI is InChI=1S/C9H7FO2S/c10-13(11,12)9-6-2-4-7-3-1-5-8(7)9/h1-2,4-6H,3H2. The molecule has 0 saturated heterocycles. The number of allylic oxidation sites excluding steroid dienone is 1. The van der Waals surface area contributed by atoms with Gasteiger partial charge in [0.15, 0.2) is 0 Å². The minimum Gasteiger partial charge on any atom is -0.189 e. The van der Waals surface area contributed by atoms with Crippen LogP contribution in [0.4, 0.5) is 3.89 Å². The molecule has 0 unspecified atom stereocenters. The lowest BCUT2D eigenvalue weighted by Gasteiger charge is -2.02. The van der Waals surface area contributed by atoms with Gasteiger partial charge >= 0.3 is 10.2 Å². The highest BCUT2D eigenvalue weighted by molar-refractivity contribution is 7.86. The van der Waals surface area contributed by atoms with Gasteiger partial charge in [-0.3, -0.25) is 0 Å². The first-order valence-electron chi connectivity index (χ1n) is 3.82. The molecular formula is C9H7FO2S. The molecule has 0 bridgehead atoms. The zero-order valence-electron chi connectivity index (χ0n) is 6.70. The second-order valence-corrected chi connectivity index (χ2v) is 4.19. The van der Waals surface area contributed by atoms with Crippen LogP contribution in [0.15, 0.2) is 29.2 Å². The average Bonchev–Trinajstić information content (AvgIpc) is 2.48. The SMILES string of the molecule is O=S(=O)(F)c1cccc2c1C=CC2. The number of fused-ring (bicyclic) bond motifs is 1. The zero-order chi connectivity index (χ0) is 9.47. The second-order valence-electron chi connectivity index (χ2n) is 2.87. The fraction of sp³-hybridized carbons (Fsp3) is 0.111. The molecule has 68 valence electrons. The molecule has 0 radical (unpaired) electrons. The van der Waals surface area contributed by atoms with Crippen LogP contribution in [0, 0.1) is 0 Å². The van der Waals surface area contributed by atoms with Crippen molar-refractivity contribution < 1.29 is 12.3 Å². The first-order chi connectivity index (χ1) is 6.09. The summed E-state index contributed by atoms with van der Waals surface area (Å²) >= 11 is 0. The zero-order valence-corrected chi connectivity index (χ0v) is 7.51. The quantitative estimate of drug-likeness (QED) is 0.646. The Kier molecular flexibility index (Phi) is 1.73. The highest BCUT2D eigenvalue weighted by Crippen LogP contribution is 2.27. The summed E-state index contributed by atoms with van der Waals surface area (Å²) in [4.78, 5) is -0.223. The smallest absolute Gasteiger partial charge is 0.189 e. The third-order valence-electron chi connectivity index (χ3n) is 2.04. The molecule has 13 heavy (non-hydrogen) atoms. The summed E-state index contributed by atoms with van der Waals surface area (Å²) < 4.78 is 34.1. The van der Waals surface area contributed by atoms with Crippen LogP contribution in [-0.4, -0.2) is 8.42 Å². The summed E-state index contributed by atoms with van der Waals surface area (Å²) in [5.41, 5.74) is 1.35. The highest BCUT2D eigenvalue weighted by Gasteiger charge is 2.19. The molecule has 0 aliphatic heterocycles. The van der Waals surface area contributed by atoms with Crippen LogP contribution in [0.5, 0.6) is 0 Å². The maximum Gasteiger partial charge on any atom is 0.332 e. The minimum atomic E-state index is -4.58. The van der Waals surface area contributed by atoms with E-state index in [1.165, 1.54) is 6.07 Å². The molecule has 0 fully saturated rings. The van der Waals surface area contributed by atoms with Crippen molar-refractivity contribution in [2.24, 2.45) is 0 Å². The van der Waals surface area contributed by atoms with E-state index in [-0.39, 0.29) is 4.90 Å². The third kappa shape index (κ3) is 1.37. The highest BCUT2D eigenvalue weighted by atomic mass is 32.3. The van der Waals surface area contributed by atoms with E-state index in [9.17, 15) is 12.3 Å². The minimum absolute atomic E-state index is 0.223. The molecule has 2 rings (SSSR count). The second kappa shape index (κ2) is 2.67. The first kappa shape index (κ1) is 8.44. The van der Waals surface area contributed by atoms with Gasteiger partial charge in [-0.1, -0.05) is 24.3 Å². The van der Waals surface area contributed by atoms with E-state index < -0.39 is 10.2 Å². The van der Waals surface area contributed by atoms with Crippen molar-refractivity contribution in [3.63, 3.8) is 0 Å². The van der Waals surface area contributed by atoms with Gasteiger partial charge in [0.2, 0.25) is 0 Å². The summed E-state index contributed by atoms with van der Waals surface area (Å²) in [5, 5.41) is 0. The van der Waals surface area contributed by atoms with Crippen LogP contribution in [0.1, 0.15) is 11.1 Å². The Labute approximate surface area is 75.9 Å². The lowest BCUT2D eigenvalue weighted by atomic mass is 10.1. The van der Waals surface area contributed by atoms with Crippen LogP contribution >= 0.6 is 0 Å². The number of hydrogen-bond donors (Lipinski definition) is 0. The van der Waals surface area contributed by atoms with Crippen molar-refractivity contribution in [1.29, 1.82) is 0 Å². The molecule has 0 amide bonds. The lowest BCUT2D eigenvalue weighted by Crippen LogP contribution is -1.96. The Morgan fingerprint density at radius 1 is 1.31 bits per heavy atom. The van der Waals surface area contributed by atoms with Gasteiger partial charge in [-0.05, 0) is 23.6 Å². The first-order valence-corrected chi connectivity index (χ1v) is 5.20. The summed E-state index contributed by atoms with van der Waals surface area (Å²) in [7, 11) is -4.58. The number of rotatable bonds is 1. The lowest BCUT2D eigenvalue weighted by molar-refractivity contribution is 0.552. The summed E-state index contributed by atoms with van der Waals surface area (Å²) in [6.07, 6.45) is 4.14. The fourth-order valence-electron chi connectivity index (χ4n) is 1.47. The fourth-order valence-corrected chi connectivity index (χ4v) is 2.18. The molecule has 0 spiro atoms. The van der Waals surface area contributed by atoms with Crippen molar-refractivity contribution in [3.05, 3.63) is 35.4 Å². The van der Waals surface area contributed by atoms with Gasteiger partial charge in [0.25, 0.3) is 0 Å². The third-order valence-corrected chi connectivity index (χ3v) is 2.92. The molecule has 0 atom stereocenters. The van der Waals surface area contributed by atoms with Gasteiger partial charge in [-0.15, -0.1) is 3.89 Å². The Bertz CT molecular complexity index is 474. The van der Waals surface area contributed by atoms with E-state index in [4.69, 9.17) is 0 Å². The summed E-state index contributed by atoms with van der Waals surface area (Å²) in [5.74, 6) is 0. The molecule has 4 heteroatoms. The Hall–Kier alpha value is -1.16. The molecule has 0 heterocycles. The predicted molar refractivity (Wildman–Crippen MR) is 47.5 cm³/mol. The van der Waals surface area contributed by atoms with Gasteiger partial charge in [0.05, 0.1) is 0 Å². The van der Waals surface area contributed by atoms with Crippen LogP contribution in [0.3, 0.4) is 0 Å². The molecule has 1 aromatic rings. The molecule has 0 N–H and O–H groups in total. The Morgan fingerprint density at radius 3 is 2.77 bits per heavy atom. The number of benzene rings is 1. The van der Waals surface area contributed by atoms with E-state index in [2.05, 4.69) is 0 Å². The van der Waals surface area contributed by atoms with Gasteiger partial charge in [-0.25, -0.2) is 0 Å². The topological polar surface area (TPSA) is 34.1 Å². The molecular weight excluding hydrogens is 191 g/mol. The Morgan fingerprint density at radius 2 is 2.08 bits per heavy atom. The molecule has 1 aliphatic rings. The van der Waals surface area contributed by atoms with Gasteiger partial charge in [0.1, 0.15) is 4.90 Å². The molecule has 1 aromatic carbocycles. The van der Waals surface area contributed by atoms with Crippen molar-refractivity contribution in [3.8, 4) is 0 Å². The molecule has 0 saturated carbocycles. The van der Waals surface area contributed by atoms with E-state index in [1.807, 2.05) is 6.08 Å². The van der Waals surface area contributed by atoms with Gasteiger partial charge < -0.3 is 0 Å². The number of halogens is 1. The molecule has 1 aliphatic carbocycles. The van der Waals surface area contributed by atoms with Crippen LogP contribution in [-0.2, 0) is 16.6 Å². The van der Waals surface area contributed by atoms with Crippen LogP contribution in [0.25, 0.3) is 6.08 Å². The summed E-state index contributed by atoms with van der Waals surface area (Å²) in [6, 6.07) is 4.63. The van der Waals surface area contributed by atoms with E-state index in [1.54, 1.807) is 18.2 Å². The van der Waals surface area contributed by atoms with Crippen LogP contribution in [0.2, 0.25) is 0 Å². The number of hydrogen-bond acceptors (Lipinski definition) is 2. The molecule has 2 nitrogen and oxygen atoms in total. The van der Waals surface area contributed by atoms with Gasteiger partial charge in [0, 0.05) is 0 Å². The van der Waals surface area contributed by atoms with Crippen molar-refractivity contribution in [2.45, 2.75) is 11.3 Å². The monoisotopic (exact) mass is 198 g/mol. The van der Waals surface area contributed by atoms with Gasteiger partial charge in [-0.2, -0.15) is 8.42 Å². The van der Waals surface area contributed by atoms with Crippen molar-refractivity contribution >= 4 is 16.3 Å². The summed E-state index contributed by atoms with van der Waals surface area (Å²) in [6.45, 7) is 0. The Balaban J connectivity index is 2.74. The van der Waals surface area contributed by atoms with Crippen molar-refractivity contribution in [1.82, 2.24) is 0 Å². The maximum atomic E-state index is 12.7. The maximum absolute atomic E-state index is 12.7. The average molecular weight is 198 g/mol. The van der Waals surface area contributed by atoms with E-state index in [0.717, 1.165) is 5.56 Å².